The zero-order valence-corrected chi connectivity index (χ0v) is 14.1. The quantitative estimate of drug-likeness (QED) is 0.720. The highest BCUT2D eigenvalue weighted by molar-refractivity contribution is 5.85. The number of ether oxygens (including phenoxy) is 2. The molecule has 0 atom stereocenters. The molecule has 3 aromatic rings. The van der Waals surface area contributed by atoms with Gasteiger partial charge in [-0.25, -0.2) is 0 Å². The molecule has 0 spiro atoms. The Morgan fingerprint density at radius 2 is 1.96 bits per heavy atom. The molecule has 25 heavy (non-hydrogen) atoms. The average Bonchev–Trinajstić information content (AvgIpc) is 2.66. The van der Waals surface area contributed by atoms with E-state index in [1.165, 1.54) is 0 Å². The second kappa shape index (κ2) is 8.15. The largest absolute Gasteiger partial charge is 0.497 e. The maximum atomic E-state index is 12.0. The van der Waals surface area contributed by atoms with Crippen LogP contribution in [0.3, 0.4) is 0 Å². The van der Waals surface area contributed by atoms with Gasteiger partial charge in [-0.2, -0.15) is 0 Å². The van der Waals surface area contributed by atoms with Crippen molar-refractivity contribution in [2.24, 2.45) is 0 Å². The minimum Gasteiger partial charge on any atom is -0.497 e. The Morgan fingerprint density at radius 1 is 1.12 bits per heavy atom. The van der Waals surface area contributed by atoms with Crippen LogP contribution in [0.15, 0.2) is 60.8 Å². The predicted molar refractivity (Wildman–Crippen MR) is 96.9 cm³/mol. The number of aromatic nitrogens is 1. The standard InChI is InChI=1S/C20H20N2O3/c1-24-17-8-2-5-15(13-17)10-12-21-19(23)14-25-18-9-3-6-16-7-4-11-22-20(16)18/h2-9,11,13H,10,12,14H2,1H3,(H,21,23). The summed E-state index contributed by atoms with van der Waals surface area (Å²) in [5.41, 5.74) is 1.87. The molecule has 1 aromatic heterocycles. The van der Waals surface area contributed by atoms with Gasteiger partial charge in [0, 0.05) is 18.1 Å². The van der Waals surface area contributed by atoms with E-state index in [2.05, 4.69) is 10.3 Å². The van der Waals surface area contributed by atoms with Crippen LogP contribution in [0.5, 0.6) is 11.5 Å². The molecular weight excluding hydrogens is 316 g/mol. The van der Waals surface area contributed by atoms with Gasteiger partial charge in [0.25, 0.3) is 5.91 Å². The first kappa shape index (κ1) is 16.8. The summed E-state index contributed by atoms with van der Waals surface area (Å²) >= 11 is 0. The molecular formula is C20H20N2O3. The van der Waals surface area contributed by atoms with E-state index < -0.39 is 0 Å². The van der Waals surface area contributed by atoms with Crippen LogP contribution in [0.1, 0.15) is 5.56 Å². The highest BCUT2D eigenvalue weighted by Gasteiger charge is 2.06. The van der Waals surface area contributed by atoms with E-state index in [4.69, 9.17) is 9.47 Å². The lowest BCUT2D eigenvalue weighted by Gasteiger charge is -2.09. The van der Waals surface area contributed by atoms with Crippen molar-refractivity contribution in [1.82, 2.24) is 10.3 Å². The van der Waals surface area contributed by atoms with Crippen molar-refractivity contribution in [3.63, 3.8) is 0 Å². The van der Waals surface area contributed by atoms with Gasteiger partial charge < -0.3 is 14.8 Å². The molecule has 0 radical (unpaired) electrons. The summed E-state index contributed by atoms with van der Waals surface area (Å²) in [6.45, 7) is 0.511. The summed E-state index contributed by atoms with van der Waals surface area (Å²) in [5.74, 6) is 1.27. The number of methoxy groups -OCH3 is 1. The summed E-state index contributed by atoms with van der Waals surface area (Å²) in [5, 5.41) is 3.85. The molecule has 0 aliphatic carbocycles. The minimum absolute atomic E-state index is 0.0339. The smallest absolute Gasteiger partial charge is 0.257 e. The molecule has 0 fully saturated rings. The molecule has 128 valence electrons. The summed E-state index contributed by atoms with van der Waals surface area (Å²) in [4.78, 5) is 16.3. The number of pyridine rings is 1. The summed E-state index contributed by atoms with van der Waals surface area (Å²) in [7, 11) is 1.64. The topological polar surface area (TPSA) is 60.5 Å². The van der Waals surface area contributed by atoms with E-state index in [1.54, 1.807) is 13.3 Å². The molecule has 0 aliphatic rings. The van der Waals surface area contributed by atoms with Crippen molar-refractivity contribution < 1.29 is 14.3 Å². The fourth-order valence-electron chi connectivity index (χ4n) is 2.56. The molecule has 0 aliphatic heterocycles. The van der Waals surface area contributed by atoms with Crippen molar-refractivity contribution >= 4 is 16.8 Å². The monoisotopic (exact) mass is 336 g/mol. The second-order valence-corrected chi connectivity index (χ2v) is 5.57. The van der Waals surface area contributed by atoms with Crippen molar-refractivity contribution in [1.29, 1.82) is 0 Å². The normalized spacial score (nSPS) is 10.4. The Balaban J connectivity index is 1.49. The van der Waals surface area contributed by atoms with Crippen LogP contribution in [-0.4, -0.2) is 31.2 Å². The van der Waals surface area contributed by atoms with Crippen LogP contribution in [0.25, 0.3) is 10.9 Å². The van der Waals surface area contributed by atoms with E-state index in [9.17, 15) is 4.79 Å². The van der Waals surface area contributed by atoms with Gasteiger partial charge in [0.15, 0.2) is 6.61 Å². The fourth-order valence-corrected chi connectivity index (χ4v) is 2.56. The number of hydrogen-bond donors (Lipinski definition) is 1. The molecule has 0 unspecified atom stereocenters. The van der Waals surface area contributed by atoms with Gasteiger partial charge in [-0.1, -0.05) is 30.3 Å². The summed E-state index contributed by atoms with van der Waals surface area (Å²) in [6, 6.07) is 17.3. The molecule has 2 aromatic carbocycles. The summed E-state index contributed by atoms with van der Waals surface area (Å²) < 4.78 is 10.8. The lowest BCUT2D eigenvalue weighted by molar-refractivity contribution is -0.123. The number of benzene rings is 2. The Bertz CT molecular complexity index is 859. The maximum absolute atomic E-state index is 12.0. The van der Waals surface area contributed by atoms with E-state index in [1.807, 2.05) is 54.6 Å². The van der Waals surface area contributed by atoms with Crippen LogP contribution in [0.4, 0.5) is 0 Å². The van der Waals surface area contributed by atoms with Gasteiger partial charge >= 0.3 is 0 Å². The highest BCUT2D eigenvalue weighted by Crippen LogP contribution is 2.22. The minimum atomic E-state index is -0.157. The number of nitrogens with one attached hydrogen (secondary N) is 1. The van der Waals surface area contributed by atoms with Gasteiger partial charge in [0.1, 0.15) is 17.0 Å². The third-order valence-electron chi connectivity index (χ3n) is 3.82. The third kappa shape index (κ3) is 4.47. The average molecular weight is 336 g/mol. The van der Waals surface area contributed by atoms with Gasteiger partial charge in [0.05, 0.1) is 7.11 Å². The van der Waals surface area contributed by atoms with Crippen LogP contribution in [0, 0.1) is 0 Å². The number of rotatable bonds is 7. The number of nitrogens with zero attached hydrogens (tertiary/aromatic N) is 1. The van der Waals surface area contributed by atoms with E-state index >= 15 is 0 Å². The van der Waals surface area contributed by atoms with Gasteiger partial charge in [-0.15, -0.1) is 0 Å². The molecule has 0 saturated heterocycles. The number of carbonyl (C=O) groups is 1. The first-order chi connectivity index (χ1) is 12.3. The number of carbonyl (C=O) groups excluding carboxylic acids is 1. The maximum Gasteiger partial charge on any atom is 0.257 e. The van der Waals surface area contributed by atoms with E-state index in [0.717, 1.165) is 28.6 Å². The Hall–Kier alpha value is -3.08. The molecule has 1 amide bonds. The van der Waals surface area contributed by atoms with Crippen molar-refractivity contribution in [2.75, 3.05) is 20.3 Å². The molecule has 5 heteroatoms. The molecule has 3 rings (SSSR count). The van der Waals surface area contributed by atoms with Gasteiger partial charge in [0.2, 0.25) is 0 Å². The van der Waals surface area contributed by atoms with E-state index in [0.29, 0.717) is 12.3 Å². The number of amides is 1. The zero-order valence-electron chi connectivity index (χ0n) is 14.1. The first-order valence-electron chi connectivity index (χ1n) is 8.12. The number of fused-ring (bicyclic) bond motifs is 1. The summed E-state index contributed by atoms with van der Waals surface area (Å²) in [6.07, 6.45) is 2.45. The Labute approximate surface area is 146 Å². The van der Waals surface area contributed by atoms with Crippen molar-refractivity contribution in [2.45, 2.75) is 6.42 Å². The molecule has 1 N–H and O–H groups in total. The third-order valence-corrected chi connectivity index (χ3v) is 3.82. The number of hydrogen-bond acceptors (Lipinski definition) is 4. The molecule has 0 saturated carbocycles. The van der Waals surface area contributed by atoms with Crippen molar-refractivity contribution in [3.8, 4) is 11.5 Å². The van der Waals surface area contributed by atoms with Crippen LogP contribution in [0.2, 0.25) is 0 Å². The van der Waals surface area contributed by atoms with E-state index in [-0.39, 0.29) is 12.5 Å². The van der Waals surface area contributed by atoms with Gasteiger partial charge in [-0.05, 0) is 36.2 Å². The lowest BCUT2D eigenvalue weighted by Crippen LogP contribution is -2.30. The Kier molecular flexibility index (Phi) is 5.46. The fraction of sp³-hybridized carbons (Fsp3) is 0.200. The molecule has 5 nitrogen and oxygen atoms in total. The lowest BCUT2D eigenvalue weighted by atomic mass is 10.1. The second-order valence-electron chi connectivity index (χ2n) is 5.57. The van der Waals surface area contributed by atoms with Crippen LogP contribution >= 0.6 is 0 Å². The molecule has 1 heterocycles. The van der Waals surface area contributed by atoms with Crippen LogP contribution in [-0.2, 0) is 11.2 Å². The van der Waals surface area contributed by atoms with Crippen molar-refractivity contribution in [3.05, 3.63) is 66.4 Å². The number of para-hydroxylation sites is 1. The van der Waals surface area contributed by atoms with Gasteiger partial charge in [-0.3, -0.25) is 9.78 Å². The molecule has 0 bridgehead atoms. The first-order valence-corrected chi connectivity index (χ1v) is 8.12. The zero-order chi connectivity index (χ0) is 17.5. The van der Waals surface area contributed by atoms with Crippen LogP contribution < -0.4 is 14.8 Å². The Morgan fingerprint density at radius 3 is 2.84 bits per heavy atom. The SMILES string of the molecule is COc1cccc(CCNC(=O)COc2cccc3cccnc23)c1. The highest BCUT2D eigenvalue weighted by atomic mass is 16.5. The predicted octanol–water partition coefficient (Wildman–Crippen LogP) is 2.98.